The Morgan fingerprint density at radius 1 is 1.03 bits per heavy atom. The maximum absolute atomic E-state index is 13.5. The van der Waals surface area contributed by atoms with E-state index in [0.717, 1.165) is 5.56 Å². The van der Waals surface area contributed by atoms with Crippen LogP contribution in [0.15, 0.2) is 90.5 Å². The highest BCUT2D eigenvalue weighted by Crippen LogP contribution is 2.58. The summed E-state index contributed by atoms with van der Waals surface area (Å²) < 4.78 is 11.2. The van der Waals surface area contributed by atoms with Gasteiger partial charge in [0.15, 0.2) is 0 Å². The van der Waals surface area contributed by atoms with Gasteiger partial charge < -0.3 is 9.47 Å². The van der Waals surface area contributed by atoms with Gasteiger partial charge in [0.2, 0.25) is 0 Å². The van der Waals surface area contributed by atoms with Crippen molar-refractivity contribution >= 4 is 17.6 Å². The number of allylic oxidation sites excluding steroid dienone is 1. The Morgan fingerprint density at radius 3 is 2.52 bits per heavy atom. The number of benzene rings is 3. The minimum atomic E-state index is -1.52. The highest BCUT2D eigenvalue weighted by Gasteiger charge is 2.62. The van der Waals surface area contributed by atoms with E-state index in [9.17, 15) is 19.7 Å². The van der Waals surface area contributed by atoms with Gasteiger partial charge in [-0.25, -0.2) is 4.79 Å². The second-order valence-corrected chi connectivity index (χ2v) is 7.98. The molecule has 0 bridgehead atoms. The summed E-state index contributed by atoms with van der Waals surface area (Å²) in [5.41, 5.74) is 0.221. The van der Waals surface area contributed by atoms with Gasteiger partial charge in [-0.3, -0.25) is 14.9 Å². The predicted octanol–water partition coefficient (Wildman–Crippen LogP) is 4.61. The van der Waals surface area contributed by atoms with Crippen LogP contribution in [0.5, 0.6) is 5.75 Å². The topological polar surface area (TPSA) is 95.7 Å². The lowest BCUT2D eigenvalue weighted by molar-refractivity contribution is -0.385. The molecule has 7 nitrogen and oxygen atoms in total. The van der Waals surface area contributed by atoms with Crippen molar-refractivity contribution in [2.45, 2.75) is 24.4 Å². The quantitative estimate of drug-likeness (QED) is 0.248. The number of hydrogen-bond donors (Lipinski definition) is 0. The third-order valence-corrected chi connectivity index (χ3v) is 6.28. The fraction of sp³-hybridized carbons (Fsp3) is 0.154. The Morgan fingerprint density at radius 2 is 1.73 bits per heavy atom. The monoisotopic (exact) mass is 441 g/mol. The van der Waals surface area contributed by atoms with E-state index in [1.165, 1.54) is 6.07 Å². The Labute approximate surface area is 189 Å². The smallest absolute Gasteiger partial charge is 0.335 e. The average molecular weight is 441 g/mol. The number of carbonyl (C=O) groups excluding carboxylic acids is 2. The fourth-order valence-electron chi connectivity index (χ4n) is 4.87. The Bertz CT molecular complexity index is 1300. The van der Waals surface area contributed by atoms with E-state index in [4.69, 9.17) is 9.47 Å². The van der Waals surface area contributed by atoms with Crippen LogP contribution < -0.4 is 4.74 Å². The van der Waals surface area contributed by atoms with Gasteiger partial charge in [-0.15, -0.1) is 0 Å². The van der Waals surface area contributed by atoms with Gasteiger partial charge in [-0.05, 0) is 18.1 Å². The van der Waals surface area contributed by atoms with E-state index >= 15 is 0 Å². The van der Waals surface area contributed by atoms with Crippen molar-refractivity contribution in [3.63, 3.8) is 0 Å². The third kappa shape index (κ3) is 3.20. The van der Waals surface area contributed by atoms with Crippen molar-refractivity contribution in [1.29, 1.82) is 0 Å². The van der Waals surface area contributed by atoms with Crippen molar-refractivity contribution in [3.05, 3.63) is 117 Å². The molecule has 0 fully saturated rings. The van der Waals surface area contributed by atoms with Crippen LogP contribution in [0.25, 0.3) is 0 Å². The van der Waals surface area contributed by atoms with E-state index in [2.05, 4.69) is 0 Å². The first-order valence-electron chi connectivity index (χ1n) is 10.5. The standard InChI is InChI=1S/C26H19NO6/c28-24(32-16-17-8-2-1-3-9-17)21-15-14-19(18-10-4-6-12-22(18)27(30)31)26(21)20-11-5-7-13-23(20)33-25(26)29/h1-13,15,19H,14,16H2/t19-,26+/m1/s1. The molecular formula is C26H19NO6. The summed E-state index contributed by atoms with van der Waals surface area (Å²) in [5, 5.41) is 11.8. The predicted molar refractivity (Wildman–Crippen MR) is 119 cm³/mol. The van der Waals surface area contributed by atoms with Crippen LogP contribution in [-0.2, 0) is 26.3 Å². The number of ether oxygens (including phenoxy) is 2. The highest BCUT2D eigenvalue weighted by atomic mass is 16.6. The minimum absolute atomic E-state index is 0.0416. The average Bonchev–Trinajstić information content (AvgIpc) is 3.37. The molecule has 33 heavy (non-hydrogen) atoms. The molecule has 3 aromatic rings. The first kappa shape index (κ1) is 20.6. The molecule has 0 radical (unpaired) electrons. The molecule has 1 heterocycles. The Hall–Kier alpha value is -4.26. The van der Waals surface area contributed by atoms with Crippen LogP contribution in [0.2, 0.25) is 0 Å². The molecule has 7 heteroatoms. The van der Waals surface area contributed by atoms with Gasteiger partial charge >= 0.3 is 11.9 Å². The second kappa shape index (κ2) is 8.02. The molecule has 0 N–H and O–H groups in total. The summed E-state index contributed by atoms with van der Waals surface area (Å²) in [6.45, 7) is 0.0416. The van der Waals surface area contributed by atoms with Crippen molar-refractivity contribution in [2.75, 3.05) is 0 Å². The molecule has 0 saturated carbocycles. The summed E-state index contributed by atoms with van der Waals surface area (Å²) in [6, 6.07) is 22.4. The second-order valence-electron chi connectivity index (χ2n) is 7.98. The van der Waals surface area contributed by atoms with E-state index in [-0.39, 0.29) is 24.3 Å². The number of nitrogens with zero attached hydrogens (tertiary/aromatic N) is 1. The number of esters is 2. The lowest BCUT2D eigenvalue weighted by atomic mass is 9.66. The zero-order valence-electron chi connectivity index (χ0n) is 17.5. The highest BCUT2D eigenvalue weighted by molar-refractivity contribution is 6.07. The van der Waals surface area contributed by atoms with Crippen molar-refractivity contribution in [2.24, 2.45) is 0 Å². The molecule has 5 rings (SSSR count). The zero-order valence-corrected chi connectivity index (χ0v) is 17.5. The lowest BCUT2D eigenvalue weighted by Crippen LogP contribution is -2.42. The first-order chi connectivity index (χ1) is 16.0. The number of rotatable bonds is 5. The van der Waals surface area contributed by atoms with Crippen LogP contribution in [0.1, 0.15) is 29.0 Å². The number of nitro benzene ring substituents is 1. The van der Waals surface area contributed by atoms with Crippen LogP contribution in [0.4, 0.5) is 5.69 Å². The minimum Gasteiger partial charge on any atom is -0.457 e. The summed E-state index contributed by atoms with van der Waals surface area (Å²) in [4.78, 5) is 38.1. The summed E-state index contributed by atoms with van der Waals surface area (Å²) in [5.74, 6) is -1.62. The molecule has 0 aromatic heterocycles. The van der Waals surface area contributed by atoms with Gasteiger partial charge in [-0.2, -0.15) is 0 Å². The molecular weight excluding hydrogens is 422 g/mol. The number of para-hydroxylation sites is 2. The van der Waals surface area contributed by atoms with Gasteiger partial charge in [0.25, 0.3) is 5.69 Å². The van der Waals surface area contributed by atoms with E-state index in [1.807, 2.05) is 30.3 Å². The number of carbonyl (C=O) groups is 2. The van der Waals surface area contributed by atoms with Crippen LogP contribution in [-0.4, -0.2) is 16.9 Å². The number of fused-ring (bicyclic) bond motifs is 2. The van der Waals surface area contributed by atoms with Gasteiger partial charge in [0.05, 0.1) is 10.5 Å². The molecule has 1 aliphatic heterocycles. The molecule has 0 saturated heterocycles. The summed E-state index contributed by atoms with van der Waals surface area (Å²) in [6.07, 6.45) is 1.90. The van der Waals surface area contributed by atoms with Crippen LogP contribution in [0, 0.1) is 10.1 Å². The molecule has 2 atom stereocenters. The summed E-state index contributed by atoms with van der Waals surface area (Å²) in [7, 11) is 0. The number of nitro groups is 1. The number of hydrogen-bond acceptors (Lipinski definition) is 6. The lowest BCUT2D eigenvalue weighted by Gasteiger charge is -2.30. The molecule has 0 amide bonds. The maximum atomic E-state index is 13.5. The third-order valence-electron chi connectivity index (χ3n) is 6.28. The molecule has 2 aliphatic rings. The molecule has 164 valence electrons. The maximum Gasteiger partial charge on any atom is 0.335 e. The zero-order chi connectivity index (χ0) is 23.0. The Balaban J connectivity index is 1.60. The van der Waals surface area contributed by atoms with E-state index in [1.54, 1.807) is 48.5 Å². The first-order valence-corrected chi connectivity index (χ1v) is 10.5. The molecule has 1 spiro atoms. The van der Waals surface area contributed by atoms with Gasteiger partial charge in [0, 0.05) is 23.1 Å². The summed E-state index contributed by atoms with van der Waals surface area (Å²) >= 11 is 0. The van der Waals surface area contributed by atoms with Crippen LogP contribution >= 0.6 is 0 Å². The normalized spacial score (nSPS) is 20.8. The van der Waals surface area contributed by atoms with Gasteiger partial charge in [0.1, 0.15) is 17.8 Å². The van der Waals surface area contributed by atoms with Crippen LogP contribution in [0.3, 0.4) is 0 Å². The van der Waals surface area contributed by atoms with E-state index in [0.29, 0.717) is 16.9 Å². The molecule has 1 aliphatic carbocycles. The van der Waals surface area contributed by atoms with Gasteiger partial charge in [-0.1, -0.05) is 72.8 Å². The Kier molecular flexibility index (Phi) is 5.01. The fourth-order valence-corrected chi connectivity index (χ4v) is 4.87. The largest absolute Gasteiger partial charge is 0.457 e. The van der Waals surface area contributed by atoms with Crippen molar-refractivity contribution in [3.8, 4) is 5.75 Å². The van der Waals surface area contributed by atoms with Crippen molar-refractivity contribution in [1.82, 2.24) is 0 Å². The SMILES string of the molecule is O=C(OCc1ccccc1)C1=CC[C@H](c2ccccc2[N+](=O)[O-])[C@@]12C(=O)Oc1ccccc12. The van der Waals surface area contributed by atoms with E-state index < -0.39 is 28.2 Å². The molecule has 3 aromatic carbocycles. The van der Waals surface area contributed by atoms with Crippen molar-refractivity contribution < 1.29 is 24.0 Å². The molecule has 0 unspecified atom stereocenters.